The van der Waals surface area contributed by atoms with Crippen LogP contribution in [-0.2, 0) is 4.79 Å². The topological polar surface area (TPSA) is 78.3 Å². The first-order valence-electron chi connectivity index (χ1n) is 10.5. The third-order valence-corrected chi connectivity index (χ3v) is 6.27. The first kappa shape index (κ1) is 23.8. The molecule has 0 fully saturated rings. The van der Waals surface area contributed by atoms with Crippen LogP contribution in [0.3, 0.4) is 0 Å². The molecule has 0 saturated carbocycles. The van der Waals surface area contributed by atoms with Crippen molar-refractivity contribution >= 4 is 39.3 Å². The highest BCUT2D eigenvalue weighted by atomic mass is 79.9. The highest BCUT2D eigenvalue weighted by Crippen LogP contribution is 2.32. The van der Waals surface area contributed by atoms with E-state index in [2.05, 4.69) is 31.4 Å². The second-order valence-corrected chi connectivity index (χ2v) is 9.13. The summed E-state index contributed by atoms with van der Waals surface area (Å²) in [6.45, 7) is 1.91. The highest BCUT2D eigenvalue weighted by Gasteiger charge is 2.22. The van der Waals surface area contributed by atoms with Crippen LogP contribution in [0.25, 0.3) is 5.69 Å². The number of halogens is 1. The molecule has 1 atom stereocenters. The van der Waals surface area contributed by atoms with Gasteiger partial charge in [0.05, 0.1) is 12.9 Å². The molecule has 0 aliphatic carbocycles. The van der Waals surface area contributed by atoms with Gasteiger partial charge >= 0.3 is 0 Å². The third kappa shape index (κ3) is 5.78. The Morgan fingerprint density at radius 1 is 1.03 bits per heavy atom. The molecule has 34 heavy (non-hydrogen) atoms. The molecule has 1 aromatic heterocycles. The molecule has 7 nitrogen and oxygen atoms in total. The normalized spacial score (nSPS) is 11.6. The molecule has 0 aliphatic heterocycles. The number of amides is 1. The summed E-state index contributed by atoms with van der Waals surface area (Å²) in [5.41, 5.74) is 1.61. The van der Waals surface area contributed by atoms with E-state index in [1.54, 1.807) is 7.11 Å². The lowest BCUT2D eigenvalue weighted by Gasteiger charge is -2.18. The Bertz CT molecular complexity index is 1270. The number of anilines is 1. The number of rotatable bonds is 9. The maximum Gasteiger partial charge on any atom is 0.234 e. The van der Waals surface area contributed by atoms with Crippen molar-refractivity contribution < 1.29 is 14.3 Å². The molecule has 0 bridgehead atoms. The van der Waals surface area contributed by atoms with Crippen LogP contribution in [-0.4, -0.2) is 33.5 Å². The maximum absolute atomic E-state index is 12.6. The van der Waals surface area contributed by atoms with Crippen LogP contribution in [0.2, 0.25) is 0 Å². The molecule has 1 N–H and O–H groups in total. The zero-order valence-corrected chi connectivity index (χ0v) is 21.0. The number of thioether (sulfide) groups is 1. The summed E-state index contributed by atoms with van der Waals surface area (Å²) < 4.78 is 14.4. The minimum atomic E-state index is -0.422. The number of hydrogen-bond donors (Lipinski definition) is 1. The molecular weight excluding hydrogens is 516 g/mol. The van der Waals surface area contributed by atoms with Crippen LogP contribution < -0.4 is 14.8 Å². The van der Waals surface area contributed by atoms with Gasteiger partial charge in [-0.05, 0) is 49.4 Å². The third-order valence-electron chi connectivity index (χ3n) is 4.85. The minimum absolute atomic E-state index is 0.134. The van der Waals surface area contributed by atoms with Crippen molar-refractivity contribution in [1.29, 1.82) is 0 Å². The average Bonchev–Trinajstić information content (AvgIpc) is 3.28. The summed E-state index contributed by atoms with van der Waals surface area (Å²) in [6, 6.07) is 24.7. The van der Waals surface area contributed by atoms with E-state index in [4.69, 9.17) is 9.47 Å². The summed E-state index contributed by atoms with van der Waals surface area (Å²) in [5.74, 6) is 1.92. The van der Waals surface area contributed by atoms with E-state index >= 15 is 0 Å². The predicted octanol–water partition coefficient (Wildman–Crippen LogP) is 5.91. The minimum Gasteiger partial charge on any atom is -0.493 e. The van der Waals surface area contributed by atoms with Gasteiger partial charge in [-0.2, -0.15) is 0 Å². The Hall–Kier alpha value is -3.30. The van der Waals surface area contributed by atoms with Gasteiger partial charge in [-0.3, -0.25) is 9.36 Å². The van der Waals surface area contributed by atoms with E-state index in [9.17, 15) is 4.79 Å². The van der Waals surface area contributed by atoms with Crippen LogP contribution in [0.4, 0.5) is 5.69 Å². The van der Waals surface area contributed by atoms with Gasteiger partial charge in [0.1, 0.15) is 0 Å². The molecule has 4 rings (SSSR count). The van der Waals surface area contributed by atoms with Gasteiger partial charge in [-0.25, -0.2) is 0 Å². The maximum atomic E-state index is 12.6. The van der Waals surface area contributed by atoms with Crippen molar-refractivity contribution in [3.63, 3.8) is 0 Å². The van der Waals surface area contributed by atoms with Gasteiger partial charge in [0.25, 0.3) is 0 Å². The highest BCUT2D eigenvalue weighted by molar-refractivity contribution is 9.10. The molecule has 3 aromatic carbocycles. The van der Waals surface area contributed by atoms with E-state index < -0.39 is 6.10 Å². The van der Waals surface area contributed by atoms with Gasteiger partial charge in [0.2, 0.25) is 5.91 Å². The number of ether oxygens (including phenoxy) is 2. The zero-order chi connectivity index (χ0) is 23.9. The molecule has 0 spiro atoms. The van der Waals surface area contributed by atoms with Gasteiger partial charge in [0, 0.05) is 15.8 Å². The second-order valence-electron chi connectivity index (χ2n) is 7.27. The van der Waals surface area contributed by atoms with Crippen molar-refractivity contribution in [2.45, 2.75) is 18.2 Å². The number of hydrogen-bond acceptors (Lipinski definition) is 6. The van der Waals surface area contributed by atoms with E-state index in [1.807, 2.05) is 90.4 Å². The number of benzene rings is 3. The van der Waals surface area contributed by atoms with Gasteiger partial charge in [-0.1, -0.05) is 64.1 Å². The van der Waals surface area contributed by atoms with E-state index in [0.29, 0.717) is 22.5 Å². The number of aromatic nitrogens is 3. The number of para-hydroxylation sites is 3. The molecule has 1 heterocycles. The summed E-state index contributed by atoms with van der Waals surface area (Å²) in [5, 5.41) is 12.3. The van der Waals surface area contributed by atoms with Gasteiger partial charge in [-0.15, -0.1) is 10.2 Å². The zero-order valence-electron chi connectivity index (χ0n) is 18.6. The Balaban J connectivity index is 1.55. The molecule has 4 aromatic rings. The quantitative estimate of drug-likeness (QED) is 0.267. The van der Waals surface area contributed by atoms with E-state index in [0.717, 1.165) is 15.8 Å². The average molecular weight is 539 g/mol. The number of nitrogens with one attached hydrogen (secondary N) is 1. The van der Waals surface area contributed by atoms with E-state index in [1.165, 1.54) is 11.8 Å². The van der Waals surface area contributed by atoms with Crippen molar-refractivity contribution in [2.75, 3.05) is 18.2 Å². The lowest BCUT2D eigenvalue weighted by molar-refractivity contribution is -0.113. The number of carbonyl (C=O) groups excluding carboxylic acids is 1. The van der Waals surface area contributed by atoms with Crippen molar-refractivity contribution in [1.82, 2.24) is 14.8 Å². The fourth-order valence-corrected chi connectivity index (χ4v) is 4.47. The van der Waals surface area contributed by atoms with Crippen LogP contribution in [0.15, 0.2) is 88.5 Å². The largest absolute Gasteiger partial charge is 0.493 e. The Kier molecular flexibility index (Phi) is 7.87. The summed E-state index contributed by atoms with van der Waals surface area (Å²) in [7, 11) is 1.60. The molecule has 0 saturated heterocycles. The number of nitrogens with zero attached hydrogens (tertiary/aromatic N) is 3. The Labute approximate surface area is 210 Å². The summed E-state index contributed by atoms with van der Waals surface area (Å²) >= 11 is 4.73. The van der Waals surface area contributed by atoms with Crippen LogP contribution in [0, 0.1) is 0 Å². The molecule has 1 amide bonds. The second kappa shape index (κ2) is 11.2. The lowest BCUT2D eigenvalue weighted by atomic mass is 10.3. The monoisotopic (exact) mass is 538 g/mol. The van der Waals surface area contributed by atoms with Crippen molar-refractivity contribution in [2.24, 2.45) is 0 Å². The fourth-order valence-electron chi connectivity index (χ4n) is 3.31. The van der Waals surface area contributed by atoms with Crippen molar-refractivity contribution in [3.05, 3.63) is 89.2 Å². The standard InChI is InChI=1S/C25H23BrN4O3S/c1-17(33-22-14-7-6-13-21(22)32-2)24-28-29-25(30(24)20-11-4-3-5-12-20)34-16-23(31)27-19-10-8-9-18(26)15-19/h3-15,17H,16H2,1-2H3,(H,27,31). The smallest absolute Gasteiger partial charge is 0.234 e. The Morgan fingerprint density at radius 2 is 1.76 bits per heavy atom. The van der Waals surface area contributed by atoms with Gasteiger partial charge in [0.15, 0.2) is 28.6 Å². The van der Waals surface area contributed by atoms with Crippen LogP contribution in [0.5, 0.6) is 11.5 Å². The van der Waals surface area contributed by atoms with Crippen molar-refractivity contribution in [3.8, 4) is 17.2 Å². The number of methoxy groups -OCH3 is 1. The molecule has 9 heteroatoms. The first-order valence-corrected chi connectivity index (χ1v) is 12.3. The van der Waals surface area contributed by atoms with Gasteiger partial charge < -0.3 is 14.8 Å². The van der Waals surface area contributed by atoms with Crippen LogP contribution >= 0.6 is 27.7 Å². The molecule has 0 aliphatic rings. The summed E-state index contributed by atoms with van der Waals surface area (Å²) in [6.07, 6.45) is -0.422. The predicted molar refractivity (Wildman–Crippen MR) is 137 cm³/mol. The Morgan fingerprint density at radius 3 is 2.50 bits per heavy atom. The summed E-state index contributed by atoms with van der Waals surface area (Å²) in [4.78, 5) is 12.6. The first-order chi connectivity index (χ1) is 16.5. The molecule has 174 valence electrons. The number of carbonyl (C=O) groups is 1. The molecule has 0 radical (unpaired) electrons. The molecule has 1 unspecified atom stereocenters. The fraction of sp³-hybridized carbons (Fsp3) is 0.160. The lowest BCUT2D eigenvalue weighted by Crippen LogP contribution is -2.15. The SMILES string of the molecule is COc1ccccc1OC(C)c1nnc(SCC(=O)Nc2cccc(Br)c2)n1-c1ccccc1. The van der Waals surface area contributed by atoms with Crippen LogP contribution in [0.1, 0.15) is 18.9 Å². The molecular formula is C25H23BrN4O3S. The van der Waals surface area contributed by atoms with E-state index in [-0.39, 0.29) is 11.7 Å².